The maximum atomic E-state index is 6.11. The van der Waals surface area contributed by atoms with E-state index in [1.54, 1.807) is 0 Å². The molecule has 0 aliphatic rings. The fourth-order valence-corrected chi connectivity index (χ4v) is 7.90. The van der Waals surface area contributed by atoms with E-state index in [1.165, 1.54) is 22.2 Å². The first-order valence-corrected chi connectivity index (χ1v) is 11.1. The summed E-state index contributed by atoms with van der Waals surface area (Å²) in [6.45, 7) is 0. The smallest absolute Gasteiger partial charge is 0.211 e. The van der Waals surface area contributed by atoms with E-state index in [1.807, 2.05) is 24.5 Å². The molecule has 0 spiro atoms. The van der Waals surface area contributed by atoms with Crippen LogP contribution in [0.2, 0.25) is 0 Å². The summed E-state index contributed by atoms with van der Waals surface area (Å²) in [6.07, 6.45) is 3.36. The normalized spacial score (nSPS) is 11.6. The number of benzene rings is 3. The molecule has 0 aliphatic heterocycles. The van der Waals surface area contributed by atoms with Gasteiger partial charge in [0.05, 0.1) is 0 Å². The number of nitrogens with zero attached hydrogens (tertiary/aromatic N) is 4. The van der Waals surface area contributed by atoms with Crippen molar-refractivity contribution in [2.75, 3.05) is 5.73 Å². The summed E-state index contributed by atoms with van der Waals surface area (Å²) in [5, 5.41) is 3.65. The van der Waals surface area contributed by atoms with Crippen molar-refractivity contribution in [2.24, 2.45) is 0 Å². The summed E-state index contributed by atoms with van der Waals surface area (Å²) in [5.41, 5.74) is 7.48. The van der Waals surface area contributed by atoms with Gasteiger partial charge >= 0.3 is 0 Å². The summed E-state index contributed by atoms with van der Waals surface area (Å²) >= 11 is 0. The Kier molecular flexibility index (Phi) is 4.30. The maximum absolute atomic E-state index is 6.11. The Bertz CT molecular complexity index is 1160. The Morgan fingerprint density at radius 1 is 0.621 bits per heavy atom. The van der Waals surface area contributed by atoms with Crippen molar-refractivity contribution in [3.05, 3.63) is 104 Å². The number of anilines is 1. The van der Waals surface area contributed by atoms with Crippen LogP contribution in [-0.4, -0.2) is 19.3 Å². The lowest BCUT2D eigenvalue weighted by molar-refractivity contribution is 1.17. The van der Waals surface area contributed by atoms with E-state index in [4.69, 9.17) is 5.73 Å². The molecule has 0 saturated carbocycles. The predicted molar refractivity (Wildman–Crippen MR) is 120 cm³/mol. The van der Waals surface area contributed by atoms with Gasteiger partial charge in [0.15, 0.2) is 11.3 Å². The molecule has 0 aliphatic carbocycles. The zero-order valence-corrected chi connectivity index (χ0v) is 16.5. The first-order valence-electron chi connectivity index (χ1n) is 9.32. The van der Waals surface area contributed by atoms with Crippen LogP contribution < -0.4 is 21.6 Å². The molecule has 5 nitrogen and oxygen atoms in total. The number of aromatic nitrogens is 4. The van der Waals surface area contributed by atoms with Crippen molar-refractivity contribution in [1.82, 2.24) is 19.3 Å². The highest BCUT2D eigenvalue weighted by molar-refractivity contribution is 7.94. The third-order valence-electron chi connectivity index (χ3n) is 5.06. The average Bonchev–Trinajstić information content (AvgIpc) is 3.23. The Hall–Kier alpha value is -3.56. The van der Waals surface area contributed by atoms with Gasteiger partial charge in [-0.3, -0.25) is 0 Å². The van der Waals surface area contributed by atoms with Gasteiger partial charge in [0, 0.05) is 0 Å². The van der Waals surface area contributed by atoms with E-state index in [0.29, 0.717) is 11.3 Å². The highest BCUT2D eigenvalue weighted by Crippen LogP contribution is 2.57. The van der Waals surface area contributed by atoms with Gasteiger partial charge in [0.1, 0.15) is 28.6 Å². The van der Waals surface area contributed by atoms with Crippen LogP contribution in [-0.2, 0) is 0 Å². The largest absolute Gasteiger partial charge is 0.382 e. The lowest BCUT2D eigenvalue weighted by Gasteiger charge is -2.27. The standard InChI is InChI=1S/C23H19N5P/c24-22-21-23(26-16-25-22)28(17-27-21)29(18-10-4-1-5-11-18,19-12-6-2-7-13-19)20-14-8-3-9-15-20/h1-17H,(H2,24,25,26)/q+1. The first kappa shape index (κ1) is 17.5. The zero-order chi connectivity index (χ0) is 19.7. The molecule has 0 saturated heterocycles. The summed E-state index contributed by atoms with van der Waals surface area (Å²) in [5.74, 6) is 0.390. The summed E-state index contributed by atoms with van der Waals surface area (Å²) < 4.78 is 2.21. The quantitative estimate of drug-likeness (QED) is 0.474. The summed E-state index contributed by atoms with van der Waals surface area (Å²) in [4.78, 5) is 13.3. The van der Waals surface area contributed by atoms with Gasteiger partial charge in [0.25, 0.3) is 0 Å². The molecule has 0 amide bonds. The molecule has 140 valence electrons. The van der Waals surface area contributed by atoms with Crippen LogP contribution in [0.25, 0.3) is 11.2 Å². The average molecular weight is 396 g/mol. The van der Waals surface area contributed by atoms with Gasteiger partial charge < -0.3 is 5.73 Å². The van der Waals surface area contributed by atoms with Crippen LogP contribution in [0.15, 0.2) is 104 Å². The highest BCUT2D eigenvalue weighted by Gasteiger charge is 2.49. The van der Waals surface area contributed by atoms with Crippen molar-refractivity contribution in [1.29, 1.82) is 0 Å². The molecule has 2 heterocycles. The fourth-order valence-electron chi connectivity index (χ4n) is 3.81. The second-order valence-electron chi connectivity index (χ2n) is 6.66. The van der Waals surface area contributed by atoms with Gasteiger partial charge in [0.2, 0.25) is 13.1 Å². The van der Waals surface area contributed by atoms with E-state index in [2.05, 4.69) is 92.1 Å². The SMILES string of the molecule is Nc1ncnc2c1ncn2[P+](c1ccccc1)(c1ccccc1)c1ccccc1. The number of imidazole rings is 1. The van der Waals surface area contributed by atoms with Gasteiger partial charge in [-0.15, -0.1) is 0 Å². The fraction of sp³-hybridized carbons (Fsp3) is 0. The molecule has 5 rings (SSSR count). The summed E-state index contributed by atoms with van der Waals surface area (Å²) in [6, 6.07) is 31.7. The van der Waals surface area contributed by atoms with Crippen molar-refractivity contribution in [3.63, 3.8) is 0 Å². The van der Waals surface area contributed by atoms with Gasteiger partial charge in [-0.2, -0.15) is 4.34 Å². The molecule has 2 N–H and O–H groups in total. The molecule has 0 atom stereocenters. The lowest BCUT2D eigenvalue weighted by atomic mass is 10.4. The monoisotopic (exact) mass is 396 g/mol. The Balaban J connectivity index is 1.97. The van der Waals surface area contributed by atoms with Crippen LogP contribution in [0.4, 0.5) is 5.82 Å². The minimum atomic E-state index is -2.31. The lowest BCUT2D eigenvalue weighted by Crippen LogP contribution is -2.35. The molecule has 2 aromatic heterocycles. The van der Waals surface area contributed by atoms with Crippen LogP contribution in [0.1, 0.15) is 0 Å². The van der Waals surface area contributed by atoms with Crippen LogP contribution >= 0.6 is 7.41 Å². The molecule has 3 aromatic carbocycles. The Morgan fingerprint density at radius 2 is 1.10 bits per heavy atom. The molecule has 0 radical (unpaired) electrons. The molecule has 29 heavy (non-hydrogen) atoms. The van der Waals surface area contributed by atoms with Crippen LogP contribution in [0.5, 0.6) is 0 Å². The minimum absolute atomic E-state index is 0.390. The second-order valence-corrected chi connectivity index (χ2v) is 9.91. The van der Waals surface area contributed by atoms with E-state index >= 15 is 0 Å². The van der Waals surface area contributed by atoms with E-state index in [9.17, 15) is 0 Å². The molecule has 0 bridgehead atoms. The van der Waals surface area contributed by atoms with Gasteiger partial charge in [-0.25, -0.2) is 15.0 Å². The number of nitrogens with two attached hydrogens (primary N) is 1. The number of rotatable bonds is 4. The van der Waals surface area contributed by atoms with Crippen molar-refractivity contribution < 1.29 is 0 Å². The molecule has 5 aromatic rings. The number of fused-ring (bicyclic) bond motifs is 1. The molecule has 6 heteroatoms. The Labute approximate surface area is 169 Å². The van der Waals surface area contributed by atoms with Gasteiger partial charge in [-0.05, 0) is 36.4 Å². The van der Waals surface area contributed by atoms with E-state index in [-0.39, 0.29) is 0 Å². The third kappa shape index (κ3) is 2.71. The zero-order valence-electron chi connectivity index (χ0n) is 15.6. The van der Waals surface area contributed by atoms with Crippen molar-refractivity contribution in [2.45, 2.75) is 0 Å². The second kappa shape index (κ2) is 7.12. The van der Waals surface area contributed by atoms with Crippen molar-refractivity contribution in [3.8, 4) is 0 Å². The van der Waals surface area contributed by atoms with Crippen molar-refractivity contribution >= 4 is 40.3 Å². The molecule has 0 unspecified atom stereocenters. The van der Waals surface area contributed by atoms with E-state index < -0.39 is 7.41 Å². The van der Waals surface area contributed by atoms with E-state index in [0.717, 1.165) is 5.65 Å². The molecular weight excluding hydrogens is 377 g/mol. The number of hydrogen-bond acceptors (Lipinski definition) is 4. The minimum Gasteiger partial charge on any atom is -0.382 e. The topological polar surface area (TPSA) is 69.6 Å². The maximum Gasteiger partial charge on any atom is 0.211 e. The highest BCUT2D eigenvalue weighted by atomic mass is 31.2. The number of nitrogen functional groups attached to an aromatic ring is 1. The Morgan fingerprint density at radius 3 is 1.59 bits per heavy atom. The first-order chi connectivity index (χ1) is 14.3. The van der Waals surface area contributed by atoms with Gasteiger partial charge in [-0.1, -0.05) is 54.6 Å². The van der Waals surface area contributed by atoms with Crippen LogP contribution in [0.3, 0.4) is 0 Å². The molecule has 0 fully saturated rings. The summed E-state index contributed by atoms with van der Waals surface area (Å²) in [7, 11) is -2.31. The number of hydrogen-bond donors (Lipinski definition) is 1. The molecular formula is C23H19N5P+. The third-order valence-corrected chi connectivity index (χ3v) is 9.13. The predicted octanol–water partition coefficient (Wildman–Crippen LogP) is 3.17. The van der Waals surface area contributed by atoms with Crippen LogP contribution in [0, 0.1) is 0 Å².